The molecule has 4 aromatic rings. The monoisotopic (exact) mass is 346 g/mol. The summed E-state index contributed by atoms with van der Waals surface area (Å²) in [5.41, 5.74) is 7.68. The fourth-order valence-corrected chi connectivity index (χ4v) is 3.36. The Kier molecular flexibility index (Phi) is 3.96. The van der Waals surface area contributed by atoms with Crippen molar-refractivity contribution in [3.63, 3.8) is 0 Å². The molecule has 0 radical (unpaired) electrons. The number of likely N-dealkylation sites (N-methyl/N-ethyl adjacent to an activating group) is 1. The van der Waals surface area contributed by atoms with Gasteiger partial charge in [-0.15, -0.1) is 0 Å². The second-order valence-corrected chi connectivity index (χ2v) is 7.17. The SMILES string of the molecule is Cc1cc2nc3c4cc(C=O)ccc4n(CCN(C)C)c3nc2cc1C. The summed E-state index contributed by atoms with van der Waals surface area (Å²) in [7, 11) is 4.12. The summed E-state index contributed by atoms with van der Waals surface area (Å²) in [6.45, 7) is 5.91. The lowest BCUT2D eigenvalue weighted by atomic mass is 10.1. The standard InChI is InChI=1S/C21H22N4O/c1-13-9-17-18(10-14(13)2)23-21-20(22-17)16-11-15(12-26)5-6-19(16)25(21)8-7-24(3)4/h5-6,9-12H,7-8H2,1-4H3. The van der Waals surface area contributed by atoms with Crippen molar-refractivity contribution in [1.29, 1.82) is 0 Å². The third-order valence-corrected chi connectivity index (χ3v) is 4.99. The molecule has 2 aromatic carbocycles. The van der Waals surface area contributed by atoms with Crippen LogP contribution < -0.4 is 0 Å². The molecule has 0 fully saturated rings. The summed E-state index contributed by atoms with van der Waals surface area (Å²) in [6, 6.07) is 9.96. The van der Waals surface area contributed by atoms with Crippen molar-refractivity contribution < 1.29 is 4.79 Å². The lowest BCUT2D eigenvalue weighted by molar-refractivity contribution is 0.112. The van der Waals surface area contributed by atoms with E-state index in [1.807, 2.05) is 18.2 Å². The van der Waals surface area contributed by atoms with Crippen LogP contribution in [-0.4, -0.2) is 46.4 Å². The molecule has 0 atom stereocenters. The molecule has 132 valence electrons. The second-order valence-electron chi connectivity index (χ2n) is 7.17. The van der Waals surface area contributed by atoms with E-state index in [1.165, 1.54) is 11.1 Å². The fraction of sp³-hybridized carbons (Fsp3) is 0.286. The molecule has 0 unspecified atom stereocenters. The van der Waals surface area contributed by atoms with E-state index in [1.54, 1.807) is 0 Å². The van der Waals surface area contributed by atoms with Crippen molar-refractivity contribution in [2.24, 2.45) is 0 Å². The first-order valence-corrected chi connectivity index (χ1v) is 8.79. The highest BCUT2D eigenvalue weighted by atomic mass is 16.1. The van der Waals surface area contributed by atoms with Crippen LogP contribution in [0, 0.1) is 13.8 Å². The first-order chi connectivity index (χ1) is 12.5. The van der Waals surface area contributed by atoms with Gasteiger partial charge in [-0.25, -0.2) is 9.97 Å². The summed E-state index contributed by atoms with van der Waals surface area (Å²) in [5, 5.41) is 0.982. The number of aryl methyl sites for hydroxylation is 2. The minimum Gasteiger partial charge on any atom is -0.323 e. The number of fused-ring (bicyclic) bond motifs is 4. The molecule has 26 heavy (non-hydrogen) atoms. The quantitative estimate of drug-likeness (QED) is 0.528. The van der Waals surface area contributed by atoms with Crippen molar-refractivity contribution >= 4 is 39.4 Å². The molecule has 5 nitrogen and oxygen atoms in total. The van der Waals surface area contributed by atoms with E-state index < -0.39 is 0 Å². The van der Waals surface area contributed by atoms with E-state index in [2.05, 4.69) is 49.5 Å². The van der Waals surface area contributed by atoms with E-state index in [-0.39, 0.29) is 0 Å². The Labute approximate surface area is 152 Å². The molecule has 0 spiro atoms. The van der Waals surface area contributed by atoms with Crippen molar-refractivity contribution in [1.82, 2.24) is 19.4 Å². The van der Waals surface area contributed by atoms with Crippen molar-refractivity contribution in [3.05, 3.63) is 47.0 Å². The van der Waals surface area contributed by atoms with Gasteiger partial charge in [0.2, 0.25) is 0 Å². The van der Waals surface area contributed by atoms with Gasteiger partial charge in [-0.05, 0) is 69.4 Å². The summed E-state index contributed by atoms with van der Waals surface area (Å²) in [4.78, 5) is 23.3. The number of nitrogens with zero attached hydrogens (tertiary/aromatic N) is 4. The topological polar surface area (TPSA) is 51.0 Å². The van der Waals surface area contributed by atoms with Crippen LogP contribution in [0.3, 0.4) is 0 Å². The lowest BCUT2D eigenvalue weighted by Crippen LogP contribution is -2.18. The molecule has 0 bridgehead atoms. The molecule has 0 N–H and O–H groups in total. The Morgan fingerprint density at radius 3 is 2.38 bits per heavy atom. The lowest BCUT2D eigenvalue weighted by Gasteiger charge is -2.12. The molecule has 5 heteroatoms. The Bertz CT molecular complexity index is 1160. The van der Waals surface area contributed by atoms with E-state index in [9.17, 15) is 4.79 Å². The molecule has 4 rings (SSSR count). The van der Waals surface area contributed by atoms with Gasteiger partial charge in [0.05, 0.1) is 16.6 Å². The number of hydrogen-bond donors (Lipinski definition) is 0. The molecule has 0 aliphatic carbocycles. The molecule has 0 amide bonds. The minimum absolute atomic E-state index is 0.658. The summed E-state index contributed by atoms with van der Waals surface area (Å²) >= 11 is 0. The van der Waals surface area contributed by atoms with E-state index in [0.29, 0.717) is 5.56 Å². The highest BCUT2D eigenvalue weighted by Gasteiger charge is 2.15. The minimum atomic E-state index is 0.658. The van der Waals surface area contributed by atoms with Gasteiger partial charge in [0.1, 0.15) is 11.8 Å². The molecular formula is C21H22N4O. The van der Waals surface area contributed by atoms with Crippen molar-refractivity contribution in [2.45, 2.75) is 20.4 Å². The van der Waals surface area contributed by atoms with Crippen LogP contribution in [0.2, 0.25) is 0 Å². The Morgan fingerprint density at radius 2 is 1.73 bits per heavy atom. The summed E-state index contributed by atoms with van der Waals surface area (Å²) in [6.07, 6.45) is 0.879. The van der Waals surface area contributed by atoms with Gasteiger partial charge in [-0.1, -0.05) is 0 Å². The predicted octanol–water partition coefficient (Wildman–Crippen LogP) is 3.73. The maximum atomic E-state index is 11.3. The Morgan fingerprint density at radius 1 is 1.04 bits per heavy atom. The summed E-state index contributed by atoms with van der Waals surface area (Å²) < 4.78 is 2.21. The average molecular weight is 346 g/mol. The zero-order valence-corrected chi connectivity index (χ0v) is 15.6. The number of benzene rings is 2. The zero-order chi connectivity index (χ0) is 18.4. The molecule has 2 heterocycles. The molecule has 2 aromatic heterocycles. The second kappa shape index (κ2) is 6.18. The van der Waals surface area contributed by atoms with Gasteiger partial charge < -0.3 is 9.47 Å². The van der Waals surface area contributed by atoms with Crippen LogP contribution in [0.15, 0.2) is 30.3 Å². The van der Waals surface area contributed by atoms with Crippen molar-refractivity contribution in [2.75, 3.05) is 20.6 Å². The van der Waals surface area contributed by atoms with E-state index >= 15 is 0 Å². The van der Waals surface area contributed by atoms with Gasteiger partial charge >= 0.3 is 0 Å². The first kappa shape index (κ1) is 16.7. The zero-order valence-electron chi connectivity index (χ0n) is 15.6. The van der Waals surface area contributed by atoms with Gasteiger partial charge in [0, 0.05) is 24.0 Å². The third-order valence-electron chi connectivity index (χ3n) is 4.99. The summed E-state index contributed by atoms with van der Waals surface area (Å²) in [5.74, 6) is 0. The maximum Gasteiger partial charge on any atom is 0.160 e. The number of aldehydes is 1. The van der Waals surface area contributed by atoms with Crippen LogP contribution in [0.1, 0.15) is 21.5 Å². The van der Waals surface area contributed by atoms with Crippen LogP contribution in [-0.2, 0) is 6.54 Å². The molecular weight excluding hydrogens is 324 g/mol. The molecule has 0 aliphatic rings. The number of carbonyl (C=O) groups excluding carboxylic acids is 1. The van der Waals surface area contributed by atoms with Gasteiger partial charge in [0.25, 0.3) is 0 Å². The fourth-order valence-electron chi connectivity index (χ4n) is 3.36. The first-order valence-electron chi connectivity index (χ1n) is 8.79. The number of rotatable bonds is 4. The Hall–Kier alpha value is -2.79. The molecule has 0 saturated carbocycles. The smallest absolute Gasteiger partial charge is 0.160 e. The van der Waals surface area contributed by atoms with Crippen LogP contribution in [0.4, 0.5) is 0 Å². The highest BCUT2D eigenvalue weighted by molar-refractivity contribution is 6.07. The average Bonchev–Trinajstić information content (AvgIpc) is 2.91. The van der Waals surface area contributed by atoms with Crippen LogP contribution in [0.25, 0.3) is 33.1 Å². The molecule has 0 saturated heterocycles. The van der Waals surface area contributed by atoms with Gasteiger partial charge in [-0.2, -0.15) is 0 Å². The van der Waals surface area contributed by atoms with Crippen molar-refractivity contribution in [3.8, 4) is 0 Å². The normalized spacial score (nSPS) is 11.9. The van der Waals surface area contributed by atoms with Crippen LogP contribution >= 0.6 is 0 Å². The number of hydrogen-bond acceptors (Lipinski definition) is 4. The third kappa shape index (κ3) is 2.65. The van der Waals surface area contributed by atoms with Gasteiger partial charge in [-0.3, -0.25) is 4.79 Å². The number of aromatic nitrogens is 3. The van der Waals surface area contributed by atoms with E-state index in [4.69, 9.17) is 9.97 Å². The molecule has 0 aliphatic heterocycles. The number of carbonyl (C=O) groups is 1. The largest absolute Gasteiger partial charge is 0.323 e. The van der Waals surface area contributed by atoms with Crippen LogP contribution in [0.5, 0.6) is 0 Å². The van der Waals surface area contributed by atoms with Gasteiger partial charge in [0.15, 0.2) is 5.65 Å². The Balaban J connectivity index is 2.08. The highest BCUT2D eigenvalue weighted by Crippen LogP contribution is 2.29. The van der Waals surface area contributed by atoms with E-state index in [0.717, 1.165) is 52.5 Å². The predicted molar refractivity (Wildman–Crippen MR) is 106 cm³/mol. The maximum absolute atomic E-state index is 11.3.